The minimum atomic E-state index is 0.207. The fourth-order valence-corrected chi connectivity index (χ4v) is 3.27. The van der Waals surface area contributed by atoms with Gasteiger partial charge < -0.3 is 15.3 Å². The molecule has 0 radical (unpaired) electrons. The Balaban J connectivity index is 0.00000123. The Labute approximate surface area is 149 Å². The molecule has 2 rings (SSSR count). The zero-order valence-corrected chi connectivity index (χ0v) is 16.7. The highest BCUT2D eigenvalue weighted by Crippen LogP contribution is 2.15. The van der Waals surface area contributed by atoms with E-state index in [0.29, 0.717) is 18.6 Å². The van der Waals surface area contributed by atoms with Crippen LogP contribution in [0.2, 0.25) is 0 Å². The van der Waals surface area contributed by atoms with Crippen LogP contribution in [0.4, 0.5) is 0 Å². The molecule has 2 aliphatic heterocycles. The number of amides is 1. The summed E-state index contributed by atoms with van der Waals surface area (Å²) < 4.78 is 0. The van der Waals surface area contributed by atoms with Gasteiger partial charge in [0.1, 0.15) is 0 Å². The fraction of sp³-hybridized carbons (Fsp3) is 0.944. The average Bonchev–Trinajstić information content (AvgIpc) is 2.62. The molecular weight excluding hydrogens is 304 g/mol. The highest BCUT2D eigenvalue weighted by Gasteiger charge is 2.31. The lowest BCUT2D eigenvalue weighted by molar-refractivity contribution is -0.135. The molecule has 6 heteroatoms. The van der Waals surface area contributed by atoms with Crippen molar-refractivity contribution in [1.29, 1.82) is 0 Å². The Kier molecular flexibility index (Phi) is 13.2. The number of rotatable bonds is 4. The lowest BCUT2D eigenvalue weighted by Crippen LogP contribution is -2.60. The van der Waals surface area contributed by atoms with Gasteiger partial charge in [-0.05, 0) is 13.8 Å². The second kappa shape index (κ2) is 13.6. The van der Waals surface area contributed by atoms with Crippen molar-refractivity contribution in [3.8, 4) is 0 Å². The first kappa shape index (κ1) is 23.3. The predicted molar refractivity (Wildman–Crippen MR) is 101 cm³/mol. The number of β-amino-alcohol motifs (C(OH)–C–C–N with tert-alkyl or cyclic N) is 1. The summed E-state index contributed by atoms with van der Waals surface area (Å²) >= 11 is 0. The first-order chi connectivity index (χ1) is 11.6. The highest BCUT2D eigenvalue weighted by molar-refractivity contribution is 5.78. The van der Waals surface area contributed by atoms with Crippen LogP contribution < -0.4 is 5.32 Å². The van der Waals surface area contributed by atoms with E-state index in [2.05, 4.69) is 29.0 Å². The number of hydrogen-bond donors (Lipinski definition) is 2. The summed E-state index contributed by atoms with van der Waals surface area (Å²) in [5.74, 6) is 0.251. The van der Waals surface area contributed by atoms with Crippen LogP contribution in [0.5, 0.6) is 0 Å². The Morgan fingerprint density at radius 1 is 1.04 bits per heavy atom. The number of aliphatic hydroxyl groups is 1. The van der Waals surface area contributed by atoms with Gasteiger partial charge in [0, 0.05) is 57.9 Å². The van der Waals surface area contributed by atoms with Crippen LogP contribution in [-0.4, -0.2) is 96.8 Å². The highest BCUT2D eigenvalue weighted by atomic mass is 16.3. The van der Waals surface area contributed by atoms with Crippen LogP contribution in [0.3, 0.4) is 0 Å². The molecule has 6 nitrogen and oxygen atoms in total. The second-order valence-electron chi connectivity index (χ2n) is 5.98. The number of carbonyl (C=O) groups excluding carboxylic acids is 1. The van der Waals surface area contributed by atoms with Gasteiger partial charge in [-0.3, -0.25) is 14.6 Å². The Morgan fingerprint density at radius 3 is 2.00 bits per heavy atom. The van der Waals surface area contributed by atoms with Crippen molar-refractivity contribution >= 4 is 5.91 Å². The van der Waals surface area contributed by atoms with Crippen molar-refractivity contribution in [1.82, 2.24) is 20.0 Å². The molecule has 0 aromatic heterocycles. The van der Waals surface area contributed by atoms with Crippen LogP contribution in [-0.2, 0) is 4.79 Å². The molecule has 2 heterocycles. The van der Waals surface area contributed by atoms with Crippen molar-refractivity contribution < 1.29 is 9.90 Å². The minimum Gasteiger partial charge on any atom is -0.395 e. The van der Waals surface area contributed by atoms with E-state index in [0.717, 1.165) is 45.8 Å². The molecule has 0 aromatic carbocycles. The van der Waals surface area contributed by atoms with Crippen molar-refractivity contribution in [2.45, 2.75) is 53.6 Å². The van der Waals surface area contributed by atoms with E-state index in [9.17, 15) is 4.79 Å². The molecule has 0 bridgehead atoms. The van der Waals surface area contributed by atoms with E-state index in [1.807, 2.05) is 32.6 Å². The van der Waals surface area contributed by atoms with Gasteiger partial charge >= 0.3 is 0 Å². The zero-order valence-electron chi connectivity index (χ0n) is 16.7. The SMILES string of the molecule is CC.CC.CC1CN(CCO)CC(C)N1CC(=O)N1CCNCC1. The molecule has 2 N–H and O–H groups in total. The first-order valence-corrected chi connectivity index (χ1v) is 9.69. The predicted octanol–water partition coefficient (Wildman–Crippen LogP) is 0.858. The molecule has 2 saturated heterocycles. The summed E-state index contributed by atoms with van der Waals surface area (Å²) in [7, 11) is 0. The van der Waals surface area contributed by atoms with Crippen LogP contribution in [0.25, 0.3) is 0 Å². The molecular formula is C18H40N4O2. The Morgan fingerprint density at radius 2 is 1.54 bits per heavy atom. The van der Waals surface area contributed by atoms with Crippen LogP contribution >= 0.6 is 0 Å². The number of aliphatic hydroxyl groups excluding tert-OH is 1. The van der Waals surface area contributed by atoms with Gasteiger partial charge in [-0.25, -0.2) is 0 Å². The van der Waals surface area contributed by atoms with Gasteiger partial charge in [0.2, 0.25) is 5.91 Å². The third kappa shape index (κ3) is 7.47. The van der Waals surface area contributed by atoms with Crippen molar-refractivity contribution in [2.75, 3.05) is 59.0 Å². The molecule has 1 amide bonds. The maximum atomic E-state index is 12.4. The van der Waals surface area contributed by atoms with E-state index in [4.69, 9.17) is 5.11 Å². The van der Waals surface area contributed by atoms with E-state index in [1.54, 1.807) is 0 Å². The molecule has 24 heavy (non-hydrogen) atoms. The fourth-order valence-electron chi connectivity index (χ4n) is 3.27. The van der Waals surface area contributed by atoms with Crippen LogP contribution in [0.1, 0.15) is 41.5 Å². The number of hydrogen-bond acceptors (Lipinski definition) is 5. The second-order valence-corrected chi connectivity index (χ2v) is 5.98. The molecule has 2 atom stereocenters. The van der Waals surface area contributed by atoms with Crippen molar-refractivity contribution in [3.63, 3.8) is 0 Å². The van der Waals surface area contributed by atoms with Gasteiger partial charge in [0.25, 0.3) is 0 Å². The molecule has 2 aliphatic rings. The normalized spacial score (nSPS) is 25.2. The lowest BCUT2D eigenvalue weighted by Gasteiger charge is -2.44. The zero-order chi connectivity index (χ0) is 18.5. The average molecular weight is 345 g/mol. The van der Waals surface area contributed by atoms with E-state index < -0.39 is 0 Å². The number of piperazine rings is 2. The lowest BCUT2D eigenvalue weighted by atomic mass is 10.1. The number of nitrogens with one attached hydrogen (secondary N) is 1. The summed E-state index contributed by atoms with van der Waals surface area (Å²) in [6, 6.07) is 0.717. The monoisotopic (exact) mass is 344 g/mol. The van der Waals surface area contributed by atoms with Crippen molar-refractivity contribution in [2.24, 2.45) is 0 Å². The molecule has 2 fully saturated rings. The van der Waals surface area contributed by atoms with Crippen LogP contribution in [0, 0.1) is 0 Å². The van der Waals surface area contributed by atoms with Gasteiger partial charge in [0.15, 0.2) is 0 Å². The molecule has 0 saturated carbocycles. The standard InChI is InChI=1S/C14H28N4O2.2C2H6/c1-12-9-16(7-8-19)10-13(2)18(12)11-14(20)17-5-3-15-4-6-17;2*1-2/h12-13,15,19H,3-11H2,1-2H3;2*1-2H3. The van der Waals surface area contributed by atoms with E-state index in [1.165, 1.54) is 0 Å². The largest absolute Gasteiger partial charge is 0.395 e. The maximum Gasteiger partial charge on any atom is 0.236 e. The molecule has 0 aromatic rings. The third-order valence-electron chi connectivity index (χ3n) is 4.38. The first-order valence-electron chi connectivity index (χ1n) is 9.69. The van der Waals surface area contributed by atoms with Crippen LogP contribution in [0.15, 0.2) is 0 Å². The molecule has 0 aliphatic carbocycles. The molecule has 2 unspecified atom stereocenters. The summed E-state index contributed by atoms with van der Waals surface area (Å²) in [5.41, 5.74) is 0. The third-order valence-corrected chi connectivity index (χ3v) is 4.38. The summed E-state index contributed by atoms with van der Waals surface area (Å²) in [5, 5.41) is 12.3. The summed E-state index contributed by atoms with van der Waals surface area (Å²) in [6.45, 7) is 19.1. The van der Waals surface area contributed by atoms with Crippen molar-refractivity contribution in [3.05, 3.63) is 0 Å². The van der Waals surface area contributed by atoms with Gasteiger partial charge in [-0.2, -0.15) is 0 Å². The van der Waals surface area contributed by atoms with Gasteiger partial charge in [0.05, 0.1) is 13.2 Å². The quantitative estimate of drug-likeness (QED) is 0.792. The Bertz CT molecular complexity index is 310. The minimum absolute atomic E-state index is 0.207. The number of nitrogens with zero attached hydrogens (tertiary/aromatic N) is 3. The van der Waals surface area contributed by atoms with Gasteiger partial charge in [-0.15, -0.1) is 0 Å². The summed E-state index contributed by atoms with van der Waals surface area (Å²) in [4.78, 5) is 18.9. The summed E-state index contributed by atoms with van der Waals surface area (Å²) in [6.07, 6.45) is 0. The van der Waals surface area contributed by atoms with Gasteiger partial charge in [-0.1, -0.05) is 27.7 Å². The van der Waals surface area contributed by atoms with E-state index in [-0.39, 0.29) is 12.5 Å². The van der Waals surface area contributed by atoms with E-state index >= 15 is 0 Å². The number of carbonyl (C=O) groups is 1. The topological polar surface area (TPSA) is 59.1 Å². The smallest absolute Gasteiger partial charge is 0.236 e. The molecule has 144 valence electrons. The Hall–Kier alpha value is -0.690. The maximum absolute atomic E-state index is 12.4. The molecule has 0 spiro atoms.